The van der Waals surface area contributed by atoms with Crippen molar-refractivity contribution >= 4 is 22.0 Å². The second kappa shape index (κ2) is 7.62. The van der Waals surface area contributed by atoms with Crippen molar-refractivity contribution in [2.45, 2.75) is 64.8 Å². The first-order valence-corrected chi connectivity index (χ1v) is 8.86. The lowest BCUT2D eigenvalue weighted by Gasteiger charge is -2.38. The molecule has 0 saturated carbocycles. The van der Waals surface area contributed by atoms with Crippen molar-refractivity contribution in [2.75, 3.05) is 6.54 Å². The minimum Gasteiger partial charge on any atom is -0.444 e. The van der Waals surface area contributed by atoms with Crippen LogP contribution >= 0.6 is 15.9 Å². The van der Waals surface area contributed by atoms with Gasteiger partial charge in [-0.3, -0.25) is 4.98 Å². The number of pyridine rings is 1. The van der Waals surface area contributed by atoms with Crippen molar-refractivity contribution in [3.63, 3.8) is 0 Å². The molecule has 1 amide bonds. The molecule has 23 heavy (non-hydrogen) atoms. The van der Waals surface area contributed by atoms with Crippen molar-refractivity contribution in [3.05, 3.63) is 28.5 Å². The highest BCUT2D eigenvalue weighted by Gasteiger charge is 2.31. The first-order valence-electron chi connectivity index (χ1n) is 8.07. The zero-order valence-electron chi connectivity index (χ0n) is 14.3. The standard InChI is InChI=1S/C17H26BrN3O2/c1-12-7-15(20-10-13-8-14(18)11-19-9-13)5-6-21(12)16(22)23-17(2,3)4/h8-9,11-12,15,20H,5-7,10H2,1-4H3. The van der Waals surface area contributed by atoms with E-state index in [-0.39, 0.29) is 12.1 Å². The molecule has 1 aliphatic rings. The highest BCUT2D eigenvalue weighted by Crippen LogP contribution is 2.21. The van der Waals surface area contributed by atoms with E-state index in [0.717, 1.165) is 36.0 Å². The lowest BCUT2D eigenvalue weighted by molar-refractivity contribution is 0.00932. The minimum absolute atomic E-state index is 0.178. The number of carbonyl (C=O) groups excluding carboxylic acids is 1. The van der Waals surface area contributed by atoms with Crippen molar-refractivity contribution in [1.29, 1.82) is 0 Å². The van der Waals surface area contributed by atoms with Gasteiger partial charge in [0.1, 0.15) is 5.60 Å². The van der Waals surface area contributed by atoms with E-state index in [1.807, 2.05) is 31.9 Å². The van der Waals surface area contributed by atoms with Crippen LogP contribution in [0.4, 0.5) is 4.79 Å². The van der Waals surface area contributed by atoms with Crippen LogP contribution in [0, 0.1) is 0 Å². The molecule has 1 fully saturated rings. The zero-order valence-corrected chi connectivity index (χ0v) is 15.9. The van der Waals surface area contributed by atoms with Crippen LogP contribution in [0.3, 0.4) is 0 Å². The van der Waals surface area contributed by atoms with Crippen LogP contribution in [0.5, 0.6) is 0 Å². The van der Waals surface area contributed by atoms with Crippen LogP contribution in [0.1, 0.15) is 46.1 Å². The monoisotopic (exact) mass is 383 g/mol. The normalized spacial score (nSPS) is 22.0. The fourth-order valence-corrected chi connectivity index (χ4v) is 3.18. The van der Waals surface area contributed by atoms with E-state index in [1.165, 1.54) is 0 Å². The Bertz CT molecular complexity index is 545. The van der Waals surface area contributed by atoms with Gasteiger partial charge < -0.3 is 15.0 Å². The van der Waals surface area contributed by atoms with E-state index in [2.05, 4.69) is 39.2 Å². The summed E-state index contributed by atoms with van der Waals surface area (Å²) >= 11 is 3.44. The molecule has 2 unspecified atom stereocenters. The third-order valence-corrected chi connectivity index (χ3v) is 4.29. The molecule has 2 heterocycles. The molecule has 0 bridgehead atoms. The number of ether oxygens (including phenoxy) is 1. The molecule has 0 radical (unpaired) electrons. The molecule has 0 aliphatic carbocycles. The second-order valence-corrected chi connectivity index (χ2v) is 8.05. The topological polar surface area (TPSA) is 54.5 Å². The highest BCUT2D eigenvalue weighted by atomic mass is 79.9. The van der Waals surface area contributed by atoms with Crippen molar-refractivity contribution in [2.24, 2.45) is 0 Å². The van der Waals surface area contributed by atoms with Gasteiger partial charge in [0.15, 0.2) is 0 Å². The number of amides is 1. The predicted molar refractivity (Wildman–Crippen MR) is 94.2 cm³/mol. The van der Waals surface area contributed by atoms with Gasteiger partial charge in [-0.1, -0.05) is 0 Å². The maximum absolute atomic E-state index is 12.2. The molecule has 2 rings (SSSR count). The molecule has 1 aromatic rings. The Morgan fingerprint density at radius 3 is 2.83 bits per heavy atom. The Labute approximate surface area is 146 Å². The Morgan fingerprint density at radius 2 is 2.22 bits per heavy atom. The van der Waals surface area contributed by atoms with Crippen LogP contribution in [-0.4, -0.2) is 40.2 Å². The SMILES string of the molecule is CC1CC(NCc2cncc(Br)c2)CCN1C(=O)OC(C)(C)C. The van der Waals surface area contributed by atoms with Gasteiger partial charge in [-0.25, -0.2) is 4.79 Å². The summed E-state index contributed by atoms with van der Waals surface area (Å²) < 4.78 is 6.47. The molecule has 1 N–H and O–H groups in total. The molecule has 1 aromatic heterocycles. The summed E-state index contributed by atoms with van der Waals surface area (Å²) in [5.74, 6) is 0. The average molecular weight is 384 g/mol. The van der Waals surface area contributed by atoms with E-state index >= 15 is 0 Å². The number of aromatic nitrogens is 1. The Hall–Kier alpha value is -1.14. The number of hydrogen-bond acceptors (Lipinski definition) is 4. The number of halogens is 1. The molecule has 128 valence electrons. The summed E-state index contributed by atoms with van der Waals surface area (Å²) in [6.45, 7) is 9.29. The van der Waals surface area contributed by atoms with Gasteiger partial charge >= 0.3 is 6.09 Å². The summed E-state index contributed by atoms with van der Waals surface area (Å²) in [6, 6.07) is 2.65. The fraction of sp³-hybridized carbons (Fsp3) is 0.647. The van der Waals surface area contributed by atoms with Crippen LogP contribution in [-0.2, 0) is 11.3 Å². The van der Waals surface area contributed by atoms with E-state index in [1.54, 1.807) is 6.20 Å². The van der Waals surface area contributed by atoms with Crippen molar-refractivity contribution in [3.8, 4) is 0 Å². The first kappa shape index (κ1) is 18.2. The molecule has 1 aliphatic heterocycles. The number of nitrogens with one attached hydrogen (secondary N) is 1. The van der Waals surface area contributed by atoms with Gasteiger partial charge in [0, 0.05) is 42.0 Å². The van der Waals surface area contributed by atoms with Crippen LogP contribution in [0.25, 0.3) is 0 Å². The zero-order chi connectivity index (χ0) is 17.0. The maximum Gasteiger partial charge on any atom is 0.410 e. The Kier molecular flexibility index (Phi) is 6.03. The summed E-state index contributed by atoms with van der Waals surface area (Å²) in [6.07, 6.45) is 5.31. The van der Waals surface area contributed by atoms with Crippen molar-refractivity contribution in [1.82, 2.24) is 15.2 Å². The van der Waals surface area contributed by atoms with Gasteiger partial charge in [0.05, 0.1) is 0 Å². The molecule has 2 atom stereocenters. The molecule has 1 saturated heterocycles. The van der Waals surface area contributed by atoms with E-state index in [0.29, 0.717) is 6.04 Å². The third-order valence-electron chi connectivity index (χ3n) is 3.86. The molecular formula is C17H26BrN3O2. The molecular weight excluding hydrogens is 358 g/mol. The summed E-state index contributed by atoms with van der Waals surface area (Å²) in [5, 5.41) is 3.56. The van der Waals surface area contributed by atoms with Gasteiger partial charge in [0.2, 0.25) is 0 Å². The van der Waals surface area contributed by atoms with Crippen LogP contribution in [0.2, 0.25) is 0 Å². The quantitative estimate of drug-likeness (QED) is 0.863. The number of likely N-dealkylation sites (tertiary alicyclic amines) is 1. The van der Waals surface area contributed by atoms with Crippen LogP contribution < -0.4 is 5.32 Å². The Balaban J connectivity index is 1.83. The minimum atomic E-state index is -0.445. The average Bonchev–Trinajstić information content (AvgIpc) is 2.43. The first-order chi connectivity index (χ1) is 10.7. The van der Waals surface area contributed by atoms with Crippen LogP contribution in [0.15, 0.2) is 22.9 Å². The third kappa shape index (κ3) is 5.77. The van der Waals surface area contributed by atoms with E-state index in [9.17, 15) is 4.79 Å². The van der Waals surface area contributed by atoms with Gasteiger partial charge in [-0.2, -0.15) is 0 Å². The maximum atomic E-state index is 12.2. The van der Waals surface area contributed by atoms with Gasteiger partial charge in [0.25, 0.3) is 0 Å². The highest BCUT2D eigenvalue weighted by molar-refractivity contribution is 9.10. The fourth-order valence-electron chi connectivity index (χ4n) is 2.76. The largest absolute Gasteiger partial charge is 0.444 e. The lowest BCUT2D eigenvalue weighted by Crippen LogP contribution is -2.50. The predicted octanol–water partition coefficient (Wildman–Crippen LogP) is 3.72. The van der Waals surface area contributed by atoms with Gasteiger partial charge in [-0.05, 0) is 68.1 Å². The molecule has 0 aromatic carbocycles. The van der Waals surface area contributed by atoms with Crippen molar-refractivity contribution < 1.29 is 9.53 Å². The Morgan fingerprint density at radius 1 is 1.48 bits per heavy atom. The number of nitrogens with zero attached hydrogens (tertiary/aromatic N) is 2. The van der Waals surface area contributed by atoms with Gasteiger partial charge in [-0.15, -0.1) is 0 Å². The molecule has 6 heteroatoms. The number of hydrogen-bond donors (Lipinski definition) is 1. The summed E-state index contributed by atoms with van der Waals surface area (Å²) in [4.78, 5) is 18.2. The molecule has 0 spiro atoms. The lowest BCUT2D eigenvalue weighted by atomic mass is 9.98. The smallest absolute Gasteiger partial charge is 0.410 e. The summed E-state index contributed by atoms with van der Waals surface area (Å²) in [5.41, 5.74) is 0.709. The number of rotatable bonds is 3. The molecule has 5 nitrogen and oxygen atoms in total. The number of carbonyl (C=O) groups is 1. The number of piperidine rings is 1. The second-order valence-electron chi connectivity index (χ2n) is 7.14. The summed E-state index contributed by atoms with van der Waals surface area (Å²) in [7, 11) is 0. The van der Waals surface area contributed by atoms with E-state index < -0.39 is 5.60 Å². The van der Waals surface area contributed by atoms with E-state index in [4.69, 9.17) is 4.74 Å².